The van der Waals surface area contributed by atoms with E-state index in [2.05, 4.69) is 9.94 Å². The van der Waals surface area contributed by atoms with Crippen LogP contribution >= 0.6 is 0 Å². The standard InChI is InChI=1S/C17H13F5N4O/c1-23-11-2-3-12(15(27)25-8-5-16(18,19)6-9-25)13(10-11)26-7-4-14(24-26)17(20,21)22/h2-4,7,10H,5-6,8-9H2. The first-order chi connectivity index (χ1) is 12.6. The van der Waals surface area contributed by atoms with E-state index in [1.165, 1.54) is 23.1 Å². The quantitative estimate of drug-likeness (QED) is 0.572. The van der Waals surface area contributed by atoms with Gasteiger partial charge in [-0.05, 0) is 12.1 Å². The van der Waals surface area contributed by atoms with Gasteiger partial charge < -0.3 is 4.90 Å². The number of carbonyl (C=O) groups excluding carboxylic acids is 1. The van der Waals surface area contributed by atoms with Gasteiger partial charge >= 0.3 is 6.18 Å². The van der Waals surface area contributed by atoms with Crippen molar-refractivity contribution in [1.29, 1.82) is 0 Å². The van der Waals surface area contributed by atoms with Crippen molar-refractivity contribution < 1.29 is 26.7 Å². The van der Waals surface area contributed by atoms with Crippen LogP contribution < -0.4 is 0 Å². The summed E-state index contributed by atoms with van der Waals surface area (Å²) >= 11 is 0. The van der Waals surface area contributed by atoms with Crippen molar-refractivity contribution in [3.05, 3.63) is 53.1 Å². The number of carbonyl (C=O) groups is 1. The van der Waals surface area contributed by atoms with Crippen molar-refractivity contribution in [2.75, 3.05) is 13.1 Å². The first-order valence-corrected chi connectivity index (χ1v) is 7.92. The van der Waals surface area contributed by atoms with Crippen LogP contribution in [0.4, 0.5) is 27.6 Å². The van der Waals surface area contributed by atoms with Crippen molar-refractivity contribution in [3.63, 3.8) is 0 Å². The molecule has 2 aromatic rings. The van der Waals surface area contributed by atoms with E-state index >= 15 is 0 Å². The Labute approximate surface area is 150 Å². The molecule has 1 aromatic carbocycles. The second-order valence-electron chi connectivity index (χ2n) is 6.10. The third-order valence-electron chi connectivity index (χ3n) is 4.25. The highest BCUT2D eigenvalue weighted by Crippen LogP contribution is 2.31. The Morgan fingerprint density at radius 2 is 1.85 bits per heavy atom. The van der Waals surface area contributed by atoms with Gasteiger partial charge in [0, 0.05) is 32.1 Å². The molecule has 0 N–H and O–H groups in total. The molecule has 1 saturated heterocycles. The Kier molecular flexibility index (Phi) is 4.63. The molecule has 1 amide bonds. The molecule has 2 heterocycles. The van der Waals surface area contributed by atoms with Crippen LogP contribution in [-0.4, -0.2) is 39.6 Å². The number of aromatic nitrogens is 2. The monoisotopic (exact) mass is 384 g/mol. The lowest BCUT2D eigenvalue weighted by molar-refractivity contribution is -0.141. The van der Waals surface area contributed by atoms with Gasteiger partial charge in [0.15, 0.2) is 11.4 Å². The van der Waals surface area contributed by atoms with Crippen LogP contribution in [0.5, 0.6) is 0 Å². The third kappa shape index (κ3) is 3.92. The molecular weight excluding hydrogens is 371 g/mol. The molecule has 0 unspecified atom stereocenters. The number of halogens is 5. The van der Waals surface area contributed by atoms with Gasteiger partial charge in [0.05, 0.1) is 17.8 Å². The number of benzene rings is 1. The van der Waals surface area contributed by atoms with E-state index in [0.717, 1.165) is 16.9 Å². The van der Waals surface area contributed by atoms with Gasteiger partial charge in [0.25, 0.3) is 11.8 Å². The summed E-state index contributed by atoms with van der Waals surface area (Å²) in [5.74, 6) is -3.43. The zero-order valence-corrected chi connectivity index (χ0v) is 13.8. The molecule has 0 aliphatic carbocycles. The summed E-state index contributed by atoms with van der Waals surface area (Å²) in [6.07, 6.45) is -4.58. The highest BCUT2D eigenvalue weighted by atomic mass is 19.4. The van der Waals surface area contributed by atoms with Gasteiger partial charge in [-0.2, -0.15) is 18.3 Å². The largest absolute Gasteiger partial charge is 0.435 e. The van der Waals surface area contributed by atoms with Gasteiger partial charge in [-0.15, -0.1) is 0 Å². The number of piperidine rings is 1. The van der Waals surface area contributed by atoms with E-state index in [0.29, 0.717) is 0 Å². The molecule has 0 radical (unpaired) electrons. The minimum absolute atomic E-state index is 0.00978. The first kappa shape index (κ1) is 18.8. The van der Waals surface area contributed by atoms with Crippen molar-refractivity contribution >= 4 is 11.6 Å². The van der Waals surface area contributed by atoms with Crippen LogP contribution in [0, 0.1) is 6.57 Å². The maximum absolute atomic E-state index is 13.3. The molecular formula is C17H13F5N4O. The Balaban J connectivity index is 1.98. The van der Waals surface area contributed by atoms with Gasteiger partial charge in [-0.1, -0.05) is 12.1 Å². The highest BCUT2D eigenvalue weighted by molar-refractivity contribution is 5.98. The number of nitrogens with zero attached hydrogens (tertiary/aromatic N) is 4. The van der Waals surface area contributed by atoms with Crippen LogP contribution in [0.2, 0.25) is 0 Å². The molecule has 0 atom stereocenters. The van der Waals surface area contributed by atoms with Crippen LogP contribution in [0.1, 0.15) is 28.9 Å². The molecule has 1 aliphatic heterocycles. The van der Waals surface area contributed by atoms with Gasteiger partial charge in [-0.3, -0.25) is 4.79 Å². The maximum atomic E-state index is 13.3. The fourth-order valence-corrected chi connectivity index (χ4v) is 2.78. The Morgan fingerprint density at radius 3 is 2.41 bits per heavy atom. The number of likely N-dealkylation sites (tertiary alicyclic amines) is 1. The van der Waals surface area contributed by atoms with Crippen LogP contribution in [-0.2, 0) is 6.18 Å². The van der Waals surface area contributed by atoms with E-state index in [-0.39, 0.29) is 30.0 Å². The fourth-order valence-electron chi connectivity index (χ4n) is 2.78. The smallest absolute Gasteiger partial charge is 0.338 e. The summed E-state index contributed by atoms with van der Waals surface area (Å²) in [6, 6.07) is 4.63. The number of alkyl halides is 5. The number of hydrogen-bond acceptors (Lipinski definition) is 2. The molecule has 0 spiro atoms. The molecule has 1 aromatic heterocycles. The normalized spacial score (nSPS) is 16.8. The summed E-state index contributed by atoms with van der Waals surface area (Å²) in [5.41, 5.74) is -1.06. The van der Waals surface area contributed by atoms with Crippen LogP contribution in [0.3, 0.4) is 0 Å². The maximum Gasteiger partial charge on any atom is 0.435 e. The van der Waals surface area contributed by atoms with Crippen molar-refractivity contribution in [1.82, 2.24) is 14.7 Å². The zero-order chi connectivity index (χ0) is 19.8. The summed E-state index contributed by atoms with van der Waals surface area (Å²) in [7, 11) is 0. The fraction of sp³-hybridized carbons (Fsp3) is 0.353. The average molecular weight is 384 g/mol. The zero-order valence-electron chi connectivity index (χ0n) is 13.8. The second-order valence-corrected chi connectivity index (χ2v) is 6.10. The summed E-state index contributed by atoms with van der Waals surface area (Å²) in [6.45, 7) is 6.73. The minimum atomic E-state index is -4.66. The van der Waals surface area contributed by atoms with Crippen molar-refractivity contribution in [2.45, 2.75) is 24.9 Å². The topological polar surface area (TPSA) is 42.5 Å². The highest BCUT2D eigenvalue weighted by Gasteiger charge is 2.37. The molecule has 0 saturated carbocycles. The predicted molar refractivity (Wildman–Crippen MR) is 84.9 cm³/mol. The van der Waals surface area contributed by atoms with Crippen LogP contribution in [0.25, 0.3) is 10.5 Å². The number of amides is 1. The molecule has 1 fully saturated rings. The van der Waals surface area contributed by atoms with Gasteiger partial charge in [0.1, 0.15) is 0 Å². The molecule has 27 heavy (non-hydrogen) atoms. The van der Waals surface area contributed by atoms with E-state index in [1.807, 2.05) is 0 Å². The minimum Gasteiger partial charge on any atom is -0.338 e. The van der Waals surface area contributed by atoms with E-state index in [4.69, 9.17) is 6.57 Å². The summed E-state index contributed by atoms with van der Waals surface area (Å²) in [4.78, 5) is 17.2. The molecule has 142 valence electrons. The molecule has 1 aliphatic rings. The lowest BCUT2D eigenvalue weighted by Gasteiger charge is -2.32. The van der Waals surface area contributed by atoms with Gasteiger partial charge in [0.2, 0.25) is 0 Å². The Morgan fingerprint density at radius 1 is 1.19 bits per heavy atom. The lowest BCUT2D eigenvalue weighted by Crippen LogP contribution is -2.43. The predicted octanol–water partition coefficient (Wildman–Crippen LogP) is 4.31. The average Bonchev–Trinajstić information content (AvgIpc) is 3.11. The molecule has 0 bridgehead atoms. The lowest BCUT2D eigenvalue weighted by atomic mass is 10.0. The summed E-state index contributed by atoms with van der Waals surface area (Å²) in [5, 5.41) is 3.44. The van der Waals surface area contributed by atoms with E-state index in [9.17, 15) is 26.7 Å². The van der Waals surface area contributed by atoms with Crippen LogP contribution in [0.15, 0.2) is 30.5 Å². The Hall–Kier alpha value is -2.96. The number of rotatable bonds is 2. The second kappa shape index (κ2) is 6.64. The van der Waals surface area contributed by atoms with Gasteiger partial charge in [-0.25, -0.2) is 18.3 Å². The summed E-state index contributed by atoms with van der Waals surface area (Å²) < 4.78 is 65.9. The van der Waals surface area contributed by atoms with Crippen molar-refractivity contribution in [3.8, 4) is 5.69 Å². The van der Waals surface area contributed by atoms with Crippen molar-refractivity contribution in [2.24, 2.45) is 0 Å². The Bertz CT molecular complexity index is 903. The first-order valence-electron chi connectivity index (χ1n) is 7.92. The molecule has 10 heteroatoms. The SMILES string of the molecule is [C-]#[N+]c1ccc(C(=O)N2CCC(F)(F)CC2)c(-n2ccc(C(F)(F)F)n2)c1. The third-order valence-corrected chi connectivity index (χ3v) is 4.25. The van der Waals surface area contributed by atoms with E-state index in [1.54, 1.807) is 0 Å². The molecule has 3 rings (SSSR count). The molecule has 5 nitrogen and oxygen atoms in total. The van der Waals surface area contributed by atoms with E-state index < -0.39 is 36.5 Å². The number of hydrogen-bond donors (Lipinski definition) is 0.